The summed E-state index contributed by atoms with van der Waals surface area (Å²) in [5.41, 5.74) is 1.27. The molecule has 3 nitrogen and oxygen atoms in total. The number of benzene rings is 1. The summed E-state index contributed by atoms with van der Waals surface area (Å²) in [4.78, 5) is 13.6. The highest BCUT2D eigenvalue weighted by Gasteiger charge is 2.10. The molecule has 0 saturated heterocycles. The lowest BCUT2D eigenvalue weighted by molar-refractivity contribution is -0.131. The van der Waals surface area contributed by atoms with E-state index in [1.807, 2.05) is 25.1 Å². The Balaban J connectivity index is 2.29. The maximum Gasteiger partial charge on any atom is 0.222 e. The topological polar surface area (TPSA) is 44.1 Å². The Morgan fingerprint density at radius 3 is 2.67 bits per heavy atom. The SMILES string of the molecule is CCN(CCC#N)C(=O)CCCc1ccccc1. The summed E-state index contributed by atoms with van der Waals surface area (Å²) in [5.74, 6) is 0.156. The predicted molar refractivity (Wildman–Crippen MR) is 71.9 cm³/mol. The maximum atomic E-state index is 11.9. The lowest BCUT2D eigenvalue weighted by Crippen LogP contribution is -2.31. The summed E-state index contributed by atoms with van der Waals surface area (Å²) >= 11 is 0. The van der Waals surface area contributed by atoms with Gasteiger partial charge < -0.3 is 4.90 Å². The van der Waals surface area contributed by atoms with E-state index < -0.39 is 0 Å². The van der Waals surface area contributed by atoms with Crippen LogP contribution in [0.2, 0.25) is 0 Å². The van der Waals surface area contributed by atoms with Crippen molar-refractivity contribution in [2.75, 3.05) is 13.1 Å². The van der Waals surface area contributed by atoms with Gasteiger partial charge in [-0.25, -0.2) is 0 Å². The number of nitriles is 1. The van der Waals surface area contributed by atoms with Crippen molar-refractivity contribution in [1.29, 1.82) is 5.26 Å². The highest BCUT2D eigenvalue weighted by atomic mass is 16.2. The van der Waals surface area contributed by atoms with E-state index >= 15 is 0 Å². The summed E-state index contributed by atoms with van der Waals surface area (Å²) in [6, 6.07) is 12.3. The van der Waals surface area contributed by atoms with Crippen molar-refractivity contribution < 1.29 is 4.79 Å². The van der Waals surface area contributed by atoms with Crippen molar-refractivity contribution in [3.63, 3.8) is 0 Å². The van der Waals surface area contributed by atoms with Gasteiger partial charge in [0.15, 0.2) is 0 Å². The van der Waals surface area contributed by atoms with Crippen LogP contribution in [0.5, 0.6) is 0 Å². The number of amides is 1. The smallest absolute Gasteiger partial charge is 0.222 e. The zero-order valence-corrected chi connectivity index (χ0v) is 10.9. The molecule has 0 saturated carbocycles. The van der Waals surface area contributed by atoms with Gasteiger partial charge in [0, 0.05) is 19.5 Å². The van der Waals surface area contributed by atoms with Crippen LogP contribution in [0.4, 0.5) is 0 Å². The van der Waals surface area contributed by atoms with Crippen molar-refractivity contribution in [3.05, 3.63) is 35.9 Å². The van der Waals surface area contributed by atoms with Crippen LogP contribution in [0.3, 0.4) is 0 Å². The maximum absolute atomic E-state index is 11.9. The van der Waals surface area contributed by atoms with Crippen LogP contribution in [-0.2, 0) is 11.2 Å². The average molecular weight is 244 g/mol. The molecule has 1 aromatic carbocycles. The van der Waals surface area contributed by atoms with Gasteiger partial charge in [-0.15, -0.1) is 0 Å². The number of rotatable bonds is 7. The third-order valence-corrected chi connectivity index (χ3v) is 2.93. The van der Waals surface area contributed by atoms with Crippen LogP contribution in [0.25, 0.3) is 0 Å². The zero-order valence-electron chi connectivity index (χ0n) is 10.9. The fourth-order valence-electron chi connectivity index (χ4n) is 1.89. The molecule has 0 unspecified atom stereocenters. The monoisotopic (exact) mass is 244 g/mol. The number of nitrogens with zero attached hydrogens (tertiary/aromatic N) is 2. The predicted octanol–water partition coefficient (Wildman–Crippen LogP) is 2.77. The molecule has 96 valence electrons. The zero-order chi connectivity index (χ0) is 13.2. The number of hydrogen-bond donors (Lipinski definition) is 0. The average Bonchev–Trinajstić information content (AvgIpc) is 2.41. The number of carbonyl (C=O) groups is 1. The normalized spacial score (nSPS) is 9.78. The summed E-state index contributed by atoms with van der Waals surface area (Å²) < 4.78 is 0. The molecule has 0 spiro atoms. The van der Waals surface area contributed by atoms with E-state index in [4.69, 9.17) is 5.26 Å². The van der Waals surface area contributed by atoms with E-state index in [0.29, 0.717) is 25.9 Å². The minimum Gasteiger partial charge on any atom is -0.342 e. The fraction of sp³-hybridized carbons (Fsp3) is 0.467. The molecular formula is C15H20N2O. The Morgan fingerprint density at radius 2 is 2.06 bits per heavy atom. The molecule has 0 N–H and O–H groups in total. The van der Waals surface area contributed by atoms with E-state index in [1.54, 1.807) is 4.90 Å². The first-order chi connectivity index (χ1) is 8.77. The Hall–Kier alpha value is -1.82. The standard InChI is InChI=1S/C15H20N2O/c1-2-17(13-7-12-16)15(18)11-6-10-14-8-4-3-5-9-14/h3-5,8-9H,2,6-7,10-11,13H2,1H3. The van der Waals surface area contributed by atoms with Gasteiger partial charge in [-0.05, 0) is 25.3 Å². The van der Waals surface area contributed by atoms with Crippen LogP contribution < -0.4 is 0 Å². The molecular weight excluding hydrogens is 224 g/mol. The van der Waals surface area contributed by atoms with Crippen LogP contribution >= 0.6 is 0 Å². The van der Waals surface area contributed by atoms with E-state index in [-0.39, 0.29) is 5.91 Å². The highest BCUT2D eigenvalue weighted by molar-refractivity contribution is 5.76. The Bertz CT molecular complexity index is 395. The third kappa shape index (κ3) is 5.01. The quantitative estimate of drug-likeness (QED) is 0.740. The van der Waals surface area contributed by atoms with Crippen molar-refractivity contribution >= 4 is 5.91 Å². The van der Waals surface area contributed by atoms with Crippen molar-refractivity contribution in [2.45, 2.75) is 32.6 Å². The second kappa shape index (κ2) is 8.30. The summed E-state index contributed by atoms with van der Waals surface area (Å²) in [7, 11) is 0. The first-order valence-electron chi connectivity index (χ1n) is 6.46. The van der Waals surface area contributed by atoms with Gasteiger partial charge in [-0.1, -0.05) is 30.3 Å². The third-order valence-electron chi connectivity index (χ3n) is 2.93. The molecule has 0 atom stereocenters. The van der Waals surface area contributed by atoms with Crippen LogP contribution in [0.1, 0.15) is 31.7 Å². The van der Waals surface area contributed by atoms with Gasteiger partial charge in [0.25, 0.3) is 0 Å². The van der Waals surface area contributed by atoms with Gasteiger partial charge in [-0.3, -0.25) is 4.79 Å². The van der Waals surface area contributed by atoms with Crippen molar-refractivity contribution in [3.8, 4) is 6.07 Å². The number of aryl methyl sites for hydroxylation is 1. The van der Waals surface area contributed by atoms with Gasteiger partial charge >= 0.3 is 0 Å². The molecule has 1 amide bonds. The first kappa shape index (κ1) is 14.2. The highest BCUT2D eigenvalue weighted by Crippen LogP contribution is 2.06. The molecule has 0 aliphatic rings. The molecule has 18 heavy (non-hydrogen) atoms. The van der Waals surface area contributed by atoms with E-state index in [1.165, 1.54) is 5.56 Å². The molecule has 0 aliphatic heterocycles. The minimum absolute atomic E-state index is 0.156. The van der Waals surface area contributed by atoms with Crippen molar-refractivity contribution in [2.24, 2.45) is 0 Å². The van der Waals surface area contributed by atoms with Crippen LogP contribution in [0.15, 0.2) is 30.3 Å². The second-order valence-electron chi connectivity index (χ2n) is 4.22. The second-order valence-corrected chi connectivity index (χ2v) is 4.22. The molecule has 3 heteroatoms. The Labute approximate surface area is 109 Å². The van der Waals surface area contributed by atoms with Crippen LogP contribution in [-0.4, -0.2) is 23.9 Å². The minimum atomic E-state index is 0.156. The van der Waals surface area contributed by atoms with Crippen molar-refractivity contribution in [1.82, 2.24) is 4.90 Å². The van der Waals surface area contributed by atoms with Gasteiger partial charge in [0.05, 0.1) is 12.5 Å². The fourth-order valence-corrected chi connectivity index (χ4v) is 1.89. The molecule has 0 bridgehead atoms. The van der Waals surface area contributed by atoms with E-state index in [0.717, 1.165) is 12.8 Å². The Morgan fingerprint density at radius 1 is 1.33 bits per heavy atom. The largest absolute Gasteiger partial charge is 0.342 e. The molecule has 0 aromatic heterocycles. The van der Waals surface area contributed by atoms with Gasteiger partial charge in [-0.2, -0.15) is 5.26 Å². The first-order valence-corrected chi connectivity index (χ1v) is 6.46. The summed E-state index contributed by atoms with van der Waals surface area (Å²) in [6.45, 7) is 3.19. The lowest BCUT2D eigenvalue weighted by Gasteiger charge is -2.19. The molecule has 1 aromatic rings. The van der Waals surface area contributed by atoms with Crippen LogP contribution in [0, 0.1) is 11.3 Å². The number of hydrogen-bond acceptors (Lipinski definition) is 2. The van der Waals surface area contributed by atoms with E-state index in [9.17, 15) is 4.79 Å². The molecule has 0 aliphatic carbocycles. The Kier molecular flexibility index (Phi) is 6.56. The molecule has 0 fully saturated rings. The summed E-state index contributed by atoms with van der Waals surface area (Å²) in [6.07, 6.45) is 2.78. The van der Waals surface area contributed by atoms with E-state index in [2.05, 4.69) is 18.2 Å². The summed E-state index contributed by atoms with van der Waals surface area (Å²) in [5, 5.41) is 8.53. The van der Waals surface area contributed by atoms with Gasteiger partial charge in [0.1, 0.15) is 0 Å². The molecule has 1 rings (SSSR count). The number of carbonyl (C=O) groups excluding carboxylic acids is 1. The lowest BCUT2D eigenvalue weighted by atomic mass is 10.1. The van der Waals surface area contributed by atoms with Gasteiger partial charge in [0.2, 0.25) is 5.91 Å². The molecule has 0 heterocycles. The molecule has 0 radical (unpaired) electrons.